The zero-order valence-corrected chi connectivity index (χ0v) is 9.00. The standard InChI is InChI=1S/C8H10N2O3.BrH/c9-5-8(11)6-3-1-2-4-7(6)10(12)13;/h1-4,8,11H,5,9H2;1H. The first kappa shape index (κ1) is 13.0. The first-order valence-corrected chi connectivity index (χ1v) is 3.78. The van der Waals surface area contributed by atoms with Crippen molar-refractivity contribution < 1.29 is 10.0 Å². The number of nitrogens with zero attached hydrogens (tertiary/aromatic N) is 1. The van der Waals surface area contributed by atoms with Crippen LogP contribution in [-0.4, -0.2) is 16.6 Å². The number of nitro groups is 1. The average Bonchev–Trinajstić information content (AvgIpc) is 2.16. The molecule has 0 aliphatic carbocycles. The van der Waals surface area contributed by atoms with Crippen LogP contribution in [0, 0.1) is 10.1 Å². The van der Waals surface area contributed by atoms with E-state index in [0.29, 0.717) is 0 Å². The first-order valence-electron chi connectivity index (χ1n) is 3.78. The molecule has 0 aliphatic rings. The summed E-state index contributed by atoms with van der Waals surface area (Å²) >= 11 is 0. The summed E-state index contributed by atoms with van der Waals surface area (Å²) in [5.74, 6) is 0. The van der Waals surface area contributed by atoms with Crippen LogP contribution < -0.4 is 5.73 Å². The van der Waals surface area contributed by atoms with Crippen LogP contribution in [-0.2, 0) is 0 Å². The molecule has 3 N–H and O–H groups in total. The lowest BCUT2D eigenvalue weighted by molar-refractivity contribution is -0.386. The van der Waals surface area contributed by atoms with E-state index in [2.05, 4.69) is 0 Å². The number of halogens is 1. The van der Waals surface area contributed by atoms with Crippen molar-refractivity contribution in [3.05, 3.63) is 39.9 Å². The van der Waals surface area contributed by atoms with Crippen LogP contribution in [0.4, 0.5) is 5.69 Å². The van der Waals surface area contributed by atoms with Crippen molar-refractivity contribution in [3.63, 3.8) is 0 Å². The summed E-state index contributed by atoms with van der Waals surface area (Å²) in [6, 6.07) is 6.01. The van der Waals surface area contributed by atoms with E-state index in [1.165, 1.54) is 12.1 Å². The van der Waals surface area contributed by atoms with Gasteiger partial charge in [-0.3, -0.25) is 10.1 Å². The van der Waals surface area contributed by atoms with Crippen LogP contribution in [0.2, 0.25) is 0 Å². The molecular formula is C8H11BrN2O3. The molecule has 78 valence electrons. The number of aliphatic hydroxyl groups is 1. The smallest absolute Gasteiger partial charge is 0.275 e. The summed E-state index contributed by atoms with van der Waals surface area (Å²) in [6.45, 7) is -0.0230. The second kappa shape index (κ2) is 5.69. The SMILES string of the molecule is Br.NCC(O)c1ccccc1[N+](=O)[O-]. The largest absolute Gasteiger partial charge is 0.387 e. The summed E-state index contributed by atoms with van der Waals surface area (Å²) in [4.78, 5) is 9.96. The molecular weight excluding hydrogens is 252 g/mol. The highest BCUT2D eigenvalue weighted by Gasteiger charge is 2.17. The Balaban J connectivity index is 0.00000169. The predicted molar refractivity (Wildman–Crippen MR) is 57.4 cm³/mol. The molecule has 6 heteroatoms. The summed E-state index contributed by atoms with van der Waals surface area (Å²) in [5, 5.41) is 19.8. The number of hydrogen-bond donors (Lipinski definition) is 2. The minimum atomic E-state index is -0.971. The third-order valence-corrected chi connectivity index (χ3v) is 1.72. The van der Waals surface area contributed by atoms with Gasteiger partial charge in [-0.2, -0.15) is 0 Å². The van der Waals surface area contributed by atoms with Crippen molar-refractivity contribution in [3.8, 4) is 0 Å². The van der Waals surface area contributed by atoms with Crippen molar-refractivity contribution in [1.29, 1.82) is 0 Å². The van der Waals surface area contributed by atoms with Gasteiger partial charge in [0, 0.05) is 12.6 Å². The van der Waals surface area contributed by atoms with Gasteiger partial charge < -0.3 is 10.8 Å². The molecule has 1 rings (SSSR count). The number of nitrogens with two attached hydrogens (primary N) is 1. The molecule has 0 saturated carbocycles. The molecule has 0 saturated heterocycles. The third kappa shape index (κ3) is 2.76. The van der Waals surface area contributed by atoms with Crippen LogP contribution in [0.3, 0.4) is 0 Å². The molecule has 0 heterocycles. The Labute approximate surface area is 91.5 Å². The van der Waals surface area contributed by atoms with Gasteiger partial charge in [-0.15, -0.1) is 17.0 Å². The highest BCUT2D eigenvalue weighted by Crippen LogP contribution is 2.23. The van der Waals surface area contributed by atoms with Crippen LogP contribution in [0.1, 0.15) is 11.7 Å². The van der Waals surface area contributed by atoms with E-state index in [1.807, 2.05) is 0 Å². The van der Waals surface area contributed by atoms with Crippen LogP contribution in [0.15, 0.2) is 24.3 Å². The number of nitro benzene ring substituents is 1. The molecule has 1 aromatic rings. The Bertz CT molecular complexity index is 319. The van der Waals surface area contributed by atoms with Gasteiger partial charge >= 0.3 is 0 Å². The molecule has 0 fully saturated rings. The second-order valence-electron chi connectivity index (χ2n) is 2.57. The minimum Gasteiger partial charge on any atom is -0.387 e. The quantitative estimate of drug-likeness (QED) is 0.632. The Morgan fingerprint density at radius 2 is 2.07 bits per heavy atom. The second-order valence-corrected chi connectivity index (χ2v) is 2.57. The van der Waals surface area contributed by atoms with E-state index in [9.17, 15) is 15.2 Å². The highest BCUT2D eigenvalue weighted by atomic mass is 79.9. The summed E-state index contributed by atoms with van der Waals surface area (Å²) in [6.07, 6.45) is -0.971. The molecule has 0 bridgehead atoms. The van der Waals surface area contributed by atoms with Crippen LogP contribution >= 0.6 is 17.0 Å². The van der Waals surface area contributed by atoms with Gasteiger partial charge in [0.2, 0.25) is 0 Å². The summed E-state index contributed by atoms with van der Waals surface area (Å²) in [7, 11) is 0. The third-order valence-electron chi connectivity index (χ3n) is 1.72. The van der Waals surface area contributed by atoms with Gasteiger partial charge in [0.1, 0.15) is 0 Å². The zero-order chi connectivity index (χ0) is 9.84. The fourth-order valence-corrected chi connectivity index (χ4v) is 1.06. The Morgan fingerprint density at radius 1 is 1.50 bits per heavy atom. The van der Waals surface area contributed by atoms with Crippen molar-refractivity contribution in [1.82, 2.24) is 0 Å². The number of hydrogen-bond acceptors (Lipinski definition) is 4. The van der Waals surface area contributed by atoms with Crippen molar-refractivity contribution >= 4 is 22.7 Å². The Kier molecular flexibility index (Phi) is 5.29. The maximum atomic E-state index is 10.5. The number of aliphatic hydroxyl groups excluding tert-OH is 1. The van der Waals surface area contributed by atoms with Gasteiger partial charge in [0.15, 0.2) is 0 Å². The lowest BCUT2D eigenvalue weighted by Gasteiger charge is -2.07. The summed E-state index contributed by atoms with van der Waals surface area (Å²) < 4.78 is 0. The van der Waals surface area contributed by atoms with E-state index in [0.717, 1.165) is 0 Å². The molecule has 1 aromatic carbocycles. The zero-order valence-electron chi connectivity index (χ0n) is 7.29. The van der Waals surface area contributed by atoms with E-state index in [1.54, 1.807) is 12.1 Å². The van der Waals surface area contributed by atoms with E-state index < -0.39 is 11.0 Å². The molecule has 0 amide bonds. The minimum absolute atomic E-state index is 0. The maximum absolute atomic E-state index is 10.5. The maximum Gasteiger partial charge on any atom is 0.275 e. The van der Waals surface area contributed by atoms with E-state index >= 15 is 0 Å². The van der Waals surface area contributed by atoms with E-state index in [-0.39, 0.29) is 34.8 Å². The van der Waals surface area contributed by atoms with Crippen molar-refractivity contribution in [2.75, 3.05) is 6.54 Å². The number of para-hydroxylation sites is 1. The average molecular weight is 263 g/mol. The van der Waals surface area contributed by atoms with Crippen LogP contribution in [0.5, 0.6) is 0 Å². The van der Waals surface area contributed by atoms with Gasteiger partial charge in [0.25, 0.3) is 5.69 Å². The van der Waals surface area contributed by atoms with Gasteiger partial charge in [0.05, 0.1) is 16.6 Å². The summed E-state index contributed by atoms with van der Waals surface area (Å²) in [5.41, 5.74) is 5.36. The molecule has 1 unspecified atom stereocenters. The predicted octanol–water partition coefficient (Wildman–Crippen LogP) is 1.16. The fraction of sp³-hybridized carbons (Fsp3) is 0.250. The lowest BCUT2D eigenvalue weighted by atomic mass is 10.1. The number of benzene rings is 1. The highest BCUT2D eigenvalue weighted by molar-refractivity contribution is 8.93. The normalized spacial score (nSPS) is 11.6. The Morgan fingerprint density at radius 3 is 2.57 bits per heavy atom. The Hall–Kier alpha value is -0.980. The molecule has 5 nitrogen and oxygen atoms in total. The molecule has 0 radical (unpaired) electrons. The van der Waals surface area contributed by atoms with Gasteiger partial charge in [-0.05, 0) is 6.07 Å². The monoisotopic (exact) mass is 262 g/mol. The molecule has 0 spiro atoms. The lowest BCUT2D eigenvalue weighted by Crippen LogP contribution is -2.12. The first-order chi connectivity index (χ1) is 6.16. The van der Waals surface area contributed by atoms with Crippen molar-refractivity contribution in [2.45, 2.75) is 6.10 Å². The van der Waals surface area contributed by atoms with Crippen LogP contribution in [0.25, 0.3) is 0 Å². The topological polar surface area (TPSA) is 89.4 Å². The van der Waals surface area contributed by atoms with Gasteiger partial charge in [-0.1, -0.05) is 12.1 Å². The molecule has 1 atom stereocenters. The van der Waals surface area contributed by atoms with E-state index in [4.69, 9.17) is 5.73 Å². The molecule has 0 aliphatic heterocycles. The fourth-order valence-electron chi connectivity index (χ4n) is 1.06. The van der Waals surface area contributed by atoms with Crippen molar-refractivity contribution in [2.24, 2.45) is 5.73 Å². The molecule has 14 heavy (non-hydrogen) atoms. The molecule has 0 aromatic heterocycles. The van der Waals surface area contributed by atoms with Gasteiger partial charge in [-0.25, -0.2) is 0 Å². The number of rotatable bonds is 3.